The molecular weight excluding hydrogens is 218 g/mol. The smallest absolute Gasteiger partial charge is 0.0594 e. The Morgan fingerprint density at radius 3 is 2.88 bits per heavy atom. The van der Waals surface area contributed by atoms with E-state index in [1.165, 1.54) is 17.7 Å². The highest BCUT2D eigenvalue weighted by Crippen LogP contribution is 2.42. The summed E-state index contributed by atoms with van der Waals surface area (Å²) in [4.78, 5) is 1.48. The maximum Gasteiger partial charge on any atom is 0.0594 e. The van der Waals surface area contributed by atoms with Gasteiger partial charge in [-0.1, -0.05) is 6.07 Å². The molecule has 0 bridgehead atoms. The van der Waals surface area contributed by atoms with Gasteiger partial charge in [0.2, 0.25) is 0 Å². The van der Waals surface area contributed by atoms with Crippen LogP contribution in [0.5, 0.6) is 0 Å². The highest BCUT2D eigenvalue weighted by molar-refractivity contribution is 7.10. The first-order valence-corrected chi connectivity index (χ1v) is 7.03. The quantitative estimate of drug-likeness (QED) is 0.738. The highest BCUT2D eigenvalue weighted by atomic mass is 32.1. The Morgan fingerprint density at radius 1 is 1.50 bits per heavy atom. The zero-order valence-corrected chi connectivity index (χ0v) is 10.9. The van der Waals surface area contributed by atoms with Crippen molar-refractivity contribution in [3.63, 3.8) is 0 Å². The minimum atomic E-state index is 0.336. The van der Waals surface area contributed by atoms with E-state index in [1.807, 2.05) is 11.3 Å². The van der Waals surface area contributed by atoms with Crippen LogP contribution >= 0.6 is 11.3 Å². The van der Waals surface area contributed by atoms with E-state index in [4.69, 9.17) is 4.74 Å². The predicted molar refractivity (Wildman–Crippen MR) is 68.9 cm³/mol. The van der Waals surface area contributed by atoms with Crippen LogP contribution in [0.15, 0.2) is 17.5 Å². The van der Waals surface area contributed by atoms with E-state index in [9.17, 15) is 0 Å². The van der Waals surface area contributed by atoms with Crippen LogP contribution < -0.4 is 5.32 Å². The molecule has 1 atom stereocenters. The molecule has 1 aliphatic rings. The van der Waals surface area contributed by atoms with Gasteiger partial charge in [-0.2, -0.15) is 0 Å². The van der Waals surface area contributed by atoms with Crippen LogP contribution in [-0.4, -0.2) is 19.3 Å². The Balaban J connectivity index is 1.76. The fourth-order valence-corrected chi connectivity index (χ4v) is 2.80. The van der Waals surface area contributed by atoms with Crippen LogP contribution in [0.2, 0.25) is 0 Å². The lowest BCUT2D eigenvalue weighted by Gasteiger charge is -2.17. The van der Waals surface area contributed by atoms with Crippen molar-refractivity contribution in [1.29, 1.82) is 0 Å². The van der Waals surface area contributed by atoms with Gasteiger partial charge in [0, 0.05) is 17.5 Å². The van der Waals surface area contributed by atoms with Crippen molar-refractivity contribution >= 4 is 11.3 Å². The molecule has 0 radical (unpaired) electrons. The summed E-state index contributed by atoms with van der Waals surface area (Å²) in [7, 11) is 0. The number of nitrogens with one attached hydrogen (secondary N) is 1. The fraction of sp³-hybridized carbons (Fsp3) is 0.692. The Hall–Kier alpha value is -0.380. The van der Waals surface area contributed by atoms with Crippen molar-refractivity contribution in [1.82, 2.24) is 5.32 Å². The van der Waals surface area contributed by atoms with Gasteiger partial charge < -0.3 is 10.1 Å². The minimum absolute atomic E-state index is 0.336. The number of thiophene rings is 1. The van der Waals surface area contributed by atoms with Gasteiger partial charge in [0.1, 0.15) is 0 Å². The van der Waals surface area contributed by atoms with Crippen molar-refractivity contribution in [2.24, 2.45) is 5.92 Å². The van der Waals surface area contributed by atoms with Crippen LogP contribution in [0.25, 0.3) is 0 Å². The second-order valence-corrected chi connectivity index (χ2v) is 5.68. The summed E-state index contributed by atoms with van der Waals surface area (Å²) in [6.07, 6.45) is 3.09. The van der Waals surface area contributed by atoms with Gasteiger partial charge in [-0.05, 0) is 44.1 Å². The summed E-state index contributed by atoms with van der Waals surface area (Å²) in [6, 6.07) is 4.95. The van der Waals surface area contributed by atoms with E-state index in [0.29, 0.717) is 12.1 Å². The summed E-state index contributed by atoms with van der Waals surface area (Å²) in [5.74, 6) is 0.859. The number of hydrogen-bond acceptors (Lipinski definition) is 3. The monoisotopic (exact) mass is 239 g/mol. The van der Waals surface area contributed by atoms with Crippen LogP contribution in [0.4, 0.5) is 0 Å². The Labute approximate surface area is 102 Å². The predicted octanol–water partition coefficient (Wildman–Crippen LogP) is 3.21. The van der Waals surface area contributed by atoms with Gasteiger partial charge in [-0.3, -0.25) is 0 Å². The second-order valence-electron chi connectivity index (χ2n) is 4.70. The fourth-order valence-electron chi connectivity index (χ4n) is 1.91. The minimum Gasteiger partial charge on any atom is -0.377 e. The van der Waals surface area contributed by atoms with Crippen LogP contribution in [0, 0.1) is 5.92 Å². The summed E-state index contributed by atoms with van der Waals surface area (Å²) in [6.45, 7) is 5.93. The van der Waals surface area contributed by atoms with Crippen molar-refractivity contribution in [3.8, 4) is 0 Å². The molecule has 2 nitrogen and oxygen atoms in total. The molecule has 1 saturated carbocycles. The van der Waals surface area contributed by atoms with Crippen LogP contribution in [0.1, 0.15) is 37.6 Å². The lowest BCUT2D eigenvalue weighted by atomic mass is 10.1. The average Bonchev–Trinajstić information content (AvgIpc) is 2.93. The topological polar surface area (TPSA) is 21.3 Å². The van der Waals surface area contributed by atoms with Gasteiger partial charge in [-0.15, -0.1) is 11.3 Å². The van der Waals surface area contributed by atoms with Gasteiger partial charge in [0.15, 0.2) is 0 Å². The normalized spacial score (nSPS) is 17.9. The molecule has 1 heterocycles. The van der Waals surface area contributed by atoms with Gasteiger partial charge in [0.25, 0.3) is 0 Å². The molecule has 0 saturated heterocycles. The van der Waals surface area contributed by atoms with E-state index in [0.717, 1.165) is 19.1 Å². The highest BCUT2D eigenvalue weighted by Gasteiger charge is 2.32. The first kappa shape index (κ1) is 12.1. The maximum absolute atomic E-state index is 5.55. The Morgan fingerprint density at radius 2 is 2.31 bits per heavy atom. The summed E-state index contributed by atoms with van der Waals surface area (Å²) in [5, 5.41) is 5.79. The molecule has 1 aromatic heterocycles. The van der Waals surface area contributed by atoms with Gasteiger partial charge >= 0.3 is 0 Å². The number of hydrogen-bond donors (Lipinski definition) is 1. The molecule has 1 unspecified atom stereocenters. The zero-order chi connectivity index (χ0) is 11.4. The molecule has 0 amide bonds. The molecule has 3 heteroatoms. The molecule has 2 rings (SSSR count). The molecule has 1 aliphatic carbocycles. The van der Waals surface area contributed by atoms with E-state index < -0.39 is 0 Å². The lowest BCUT2D eigenvalue weighted by molar-refractivity contribution is 0.0789. The third-order valence-corrected chi connectivity index (χ3v) is 3.82. The molecule has 1 aromatic rings. The largest absolute Gasteiger partial charge is 0.377 e. The van der Waals surface area contributed by atoms with Gasteiger partial charge in [0.05, 0.1) is 12.7 Å². The third kappa shape index (κ3) is 3.58. The van der Waals surface area contributed by atoms with Crippen LogP contribution in [-0.2, 0) is 4.74 Å². The van der Waals surface area contributed by atoms with Crippen molar-refractivity contribution in [2.75, 3.05) is 13.2 Å². The molecule has 90 valence electrons. The van der Waals surface area contributed by atoms with E-state index in [-0.39, 0.29) is 0 Å². The summed E-state index contributed by atoms with van der Waals surface area (Å²) >= 11 is 1.86. The first-order valence-electron chi connectivity index (χ1n) is 6.15. The molecular formula is C13H21NOS. The van der Waals surface area contributed by atoms with E-state index in [1.54, 1.807) is 0 Å². The van der Waals surface area contributed by atoms with E-state index in [2.05, 4.69) is 36.7 Å². The standard InChI is InChI=1S/C13H21NOS/c1-10(2)15-8-7-14-13(11-5-6-11)12-4-3-9-16-12/h3-4,9-11,13-14H,5-8H2,1-2H3. The van der Waals surface area contributed by atoms with Crippen molar-refractivity contribution in [2.45, 2.75) is 38.8 Å². The average molecular weight is 239 g/mol. The summed E-state index contributed by atoms with van der Waals surface area (Å²) in [5.41, 5.74) is 0. The van der Waals surface area contributed by atoms with Crippen LogP contribution in [0.3, 0.4) is 0 Å². The Bertz CT molecular complexity index is 293. The number of ether oxygens (including phenoxy) is 1. The van der Waals surface area contributed by atoms with Crippen molar-refractivity contribution < 1.29 is 4.74 Å². The maximum atomic E-state index is 5.55. The molecule has 1 N–H and O–H groups in total. The third-order valence-electron chi connectivity index (χ3n) is 2.86. The lowest BCUT2D eigenvalue weighted by Crippen LogP contribution is -2.27. The SMILES string of the molecule is CC(C)OCCNC(c1cccs1)C1CC1. The second kappa shape index (κ2) is 5.80. The molecule has 0 aliphatic heterocycles. The molecule has 1 fully saturated rings. The first-order chi connectivity index (χ1) is 7.77. The molecule has 0 aromatic carbocycles. The molecule has 16 heavy (non-hydrogen) atoms. The number of rotatable bonds is 7. The summed E-state index contributed by atoms with van der Waals surface area (Å²) < 4.78 is 5.55. The van der Waals surface area contributed by atoms with E-state index >= 15 is 0 Å². The molecule has 0 spiro atoms. The zero-order valence-electron chi connectivity index (χ0n) is 10.1. The van der Waals surface area contributed by atoms with Gasteiger partial charge in [-0.25, -0.2) is 0 Å². The Kier molecular flexibility index (Phi) is 4.38. The van der Waals surface area contributed by atoms with Crippen molar-refractivity contribution in [3.05, 3.63) is 22.4 Å².